The van der Waals surface area contributed by atoms with Gasteiger partial charge in [0.2, 0.25) is 5.91 Å². The van der Waals surface area contributed by atoms with Crippen LogP contribution in [0.5, 0.6) is 11.5 Å². The van der Waals surface area contributed by atoms with Crippen LogP contribution in [0.3, 0.4) is 0 Å². The standard InChI is InChI=1S/C11H13NO2.C9H11NO/c1-8(13)12-6-9-4-3-5-11(14-2)10(9)7-12;1-11-9-4-2-3-7-5-10-6-8(7)9/h3-5H,6-7H2,1-2H3;2-4,10H,5-6H2,1H3. The van der Waals surface area contributed by atoms with E-state index in [1.165, 1.54) is 16.7 Å². The fourth-order valence-corrected chi connectivity index (χ4v) is 3.30. The van der Waals surface area contributed by atoms with E-state index < -0.39 is 0 Å². The number of ether oxygens (including phenoxy) is 2. The van der Waals surface area contributed by atoms with Crippen molar-refractivity contribution in [1.82, 2.24) is 10.2 Å². The summed E-state index contributed by atoms with van der Waals surface area (Å²) < 4.78 is 10.5. The average Bonchev–Trinajstić information content (AvgIpc) is 3.28. The first kappa shape index (κ1) is 17.3. The maximum absolute atomic E-state index is 11.2. The maximum Gasteiger partial charge on any atom is 0.220 e. The molecule has 1 N–H and O–H groups in total. The largest absolute Gasteiger partial charge is 0.496 e. The third-order valence-corrected chi connectivity index (χ3v) is 4.67. The Morgan fingerprint density at radius 3 is 2.20 bits per heavy atom. The second-order valence-corrected chi connectivity index (χ2v) is 6.17. The molecule has 0 aromatic heterocycles. The van der Waals surface area contributed by atoms with Crippen molar-refractivity contribution in [3.63, 3.8) is 0 Å². The first-order valence-corrected chi connectivity index (χ1v) is 8.39. The van der Waals surface area contributed by atoms with Gasteiger partial charge >= 0.3 is 0 Å². The van der Waals surface area contributed by atoms with E-state index in [2.05, 4.69) is 11.4 Å². The number of methoxy groups -OCH3 is 2. The molecule has 0 saturated heterocycles. The van der Waals surface area contributed by atoms with Crippen LogP contribution < -0.4 is 14.8 Å². The minimum atomic E-state index is 0.114. The van der Waals surface area contributed by atoms with E-state index in [0.717, 1.165) is 30.2 Å². The lowest BCUT2D eigenvalue weighted by Crippen LogP contribution is -2.21. The molecule has 132 valence electrons. The van der Waals surface area contributed by atoms with Gasteiger partial charge in [-0.05, 0) is 23.3 Å². The van der Waals surface area contributed by atoms with E-state index in [1.807, 2.05) is 35.2 Å². The van der Waals surface area contributed by atoms with Gasteiger partial charge in [0.15, 0.2) is 0 Å². The number of fused-ring (bicyclic) bond motifs is 2. The molecule has 2 aliphatic heterocycles. The van der Waals surface area contributed by atoms with E-state index in [0.29, 0.717) is 13.1 Å². The van der Waals surface area contributed by atoms with E-state index in [4.69, 9.17) is 9.47 Å². The summed E-state index contributed by atoms with van der Waals surface area (Å²) in [6, 6.07) is 12.1. The third-order valence-electron chi connectivity index (χ3n) is 4.67. The van der Waals surface area contributed by atoms with Crippen LogP contribution in [0.25, 0.3) is 0 Å². The van der Waals surface area contributed by atoms with Crippen LogP contribution in [0.1, 0.15) is 29.2 Å². The van der Waals surface area contributed by atoms with Crippen molar-refractivity contribution in [2.45, 2.75) is 33.1 Å². The number of rotatable bonds is 2. The van der Waals surface area contributed by atoms with Gasteiger partial charge in [-0.25, -0.2) is 0 Å². The zero-order valence-corrected chi connectivity index (χ0v) is 15.0. The van der Waals surface area contributed by atoms with E-state index >= 15 is 0 Å². The SMILES string of the molecule is COc1cccc2c1CN(C(C)=O)C2.COc1cccc2c1CNC2. The summed E-state index contributed by atoms with van der Waals surface area (Å²) in [4.78, 5) is 13.0. The number of amides is 1. The van der Waals surface area contributed by atoms with Crippen LogP contribution in [0.4, 0.5) is 0 Å². The summed E-state index contributed by atoms with van der Waals surface area (Å²) in [5.74, 6) is 2.00. The van der Waals surface area contributed by atoms with Crippen LogP contribution in [0.15, 0.2) is 36.4 Å². The summed E-state index contributed by atoms with van der Waals surface area (Å²) >= 11 is 0. The molecule has 1 amide bonds. The number of nitrogens with zero attached hydrogens (tertiary/aromatic N) is 1. The molecule has 5 heteroatoms. The molecule has 0 spiro atoms. The molecule has 4 rings (SSSR count). The Morgan fingerprint density at radius 1 is 0.920 bits per heavy atom. The normalized spacial score (nSPS) is 14.3. The molecule has 2 aromatic carbocycles. The highest BCUT2D eigenvalue weighted by Gasteiger charge is 2.23. The molecule has 25 heavy (non-hydrogen) atoms. The van der Waals surface area contributed by atoms with Crippen molar-refractivity contribution in [2.24, 2.45) is 0 Å². The van der Waals surface area contributed by atoms with Gasteiger partial charge in [0.25, 0.3) is 0 Å². The molecular weight excluding hydrogens is 316 g/mol. The lowest BCUT2D eigenvalue weighted by molar-refractivity contribution is -0.129. The Kier molecular flexibility index (Phi) is 5.24. The Hall–Kier alpha value is -2.53. The second kappa shape index (κ2) is 7.57. The molecule has 2 heterocycles. The minimum absolute atomic E-state index is 0.114. The lowest BCUT2D eigenvalue weighted by Gasteiger charge is -2.11. The van der Waals surface area contributed by atoms with Gasteiger partial charge in [-0.3, -0.25) is 4.79 Å². The van der Waals surface area contributed by atoms with Gasteiger partial charge in [0, 0.05) is 44.2 Å². The van der Waals surface area contributed by atoms with Crippen LogP contribution in [0, 0.1) is 0 Å². The lowest BCUT2D eigenvalue weighted by atomic mass is 10.1. The fourth-order valence-electron chi connectivity index (χ4n) is 3.30. The fraction of sp³-hybridized carbons (Fsp3) is 0.350. The quantitative estimate of drug-likeness (QED) is 0.913. The topological polar surface area (TPSA) is 50.8 Å². The smallest absolute Gasteiger partial charge is 0.220 e. The Balaban J connectivity index is 0.000000150. The molecule has 0 aliphatic carbocycles. The summed E-state index contributed by atoms with van der Waals surface area (Å²) in [6.45, 7) is 4.90. The molecule has 0 bridgehead atoms. The summed E-state index contributed by atoms with van der Waals surface area (Å²) in [7, 11) is 3.37. The molecule has 0 fully saturated rings. The van der Waals surface area contributed by atoms with Crippen LogP contribution in [-0.2, 0) is 31.0 Å². The number of hydrogen-bond donors (Lipinski definition) is 1. The highest BCUT2D eigenvalue weighted by Crippen LogP contribution is 2.30. The van der Waals surface area contributed by atoms with Crippen molar-refractivity contribution < 1.29 is 14.3 Å². The molecular formula is C20H24N2O3. The predicted octanol–water partition coefficient (Wildman–Crippen LogP) is 2.86. The maximum atomic E-state index is 11.2. The second-order valence-electron chi connectivity index (χ2n) is 6.17. The summed E-state index contributed by atoms with van der Waals surface area (Å²) in [5, 5.41) is 3.28. The first-order valence-electron chi connectivity index (χ1n) is 8.39. The zero-order chi connectivity index (χ0) is 17.8. The monoisotopic (exact) mass is 340 g/mol. The number of hydrogen-bond acceptors (Lipinski definition) is 4. The van der Waals surface area contributed by atoms with Crippen molar-refractivity contribution in [3.8, 4) is 11.5 Å². The van der Waals surface area contributed by atoms with Gasteiger partial charge in [0.05, 0.1) is 14.2 Å². The summed E-state index contributed by atoms with van der Waals surface area (Å²) in [5.41, 5.74) is 5.02. The molecule has 0 atom stereocenters. The highest BCUT2D eigenvalue weighted by molar-refractivity contribution is 5.74. The molecule has 0 saturated carbocycles. The molecule has 2 aromatic rings. The average molecular weight is 340 g/mol. The third kappa shape index (κ3) is 3.61. The van der Waals surface area contributed by atoms with Gasteiger partial charge in [-0.2, -0.15) is 0 Å². The van der Waals surface area contributed by atoms with Crippen LogP contribution in [-0.4, -0.2) is 25.0 Å². The molecule has 0 radical (unpaired) electrons. The van der Waals surface area contributed by atoms with Gasteiger partial charge in [-0.15, -0.1) is 0 Å². The predicted molar refractivity (Wildman–Crippen MR) is 96.5 cm³/mol. The van der Waals surface area contributed by atoms with Gasteiger partial charge in [-0.1, -0.05) is 24.3 Å². The number of carbonyl (C=O) groups excluding carboxylic acids is 1. The Morgan fingerprint density at radius 2 is 1.56 bits per heavy atom. The number of carbonyl (C=O) groups is 1. The van der Waals surface area contributed by atoms with Gasteiger partial charge < -0.3 is 19.7 Å². The summed E-state index contributed by atoms with van der Waals surface area (Å²) in [6.07, 6.45) is 0. The molecule has 2 aliphatic rings. The first-order chi connectivity index (χ1) is 12.1. The van der Waals surface area contributed by atoms with Crippen molar-refractivity contribution in [3.05, 3.63) is 58.7 Å². The minimum Gasteiger partial charge on any atom is -0.496 e. The van der Waals surface area contributed by atoms with Crippen LogP contribution >= 0.6 is 0 Å². The van der Waals surface area contributed by atoms with Gasteiger partial charge in [0.1, 0.15) is 11.5 Å². The highest BCUT2D eigenvalue weighted by atomic mass is 16.5. The van der Waals surface area contributed by atoms with E-state index in [-0.39, 0.29) is 5.91 Å². The Labute approximate surface area is 148 Å². The molecule has 5 nitrogen and oxygen atoms in total. The van der Waals surface area contributed by atoms with E-state index in [9.17, 15) is 4.79 Å². The van der Waals surface area contributed by atoms with Crippen molar-refractivity contribution >= 4 is 5.91 Å². The number of benzene rings is 2. The van der Waals surface area contributed by atoms with Crippen molar-refractivity contribution in [2.75, 3.05) is 14.2 Å². The van der Waals surface area contributed by atoms with Crippen molar-refractivity contribution in [1.29, 1.82) is 0 Å². The van der Waals surface area contributed by atoms with E-state index in [1.54, 1.807) is 21.1 Å². The number of nitrogens with one attached hydrogen (secondary N) is 1. The Bertz CT molecular complexity index is 774. The molecule has 0 unspecified atom stereocenters. The van der Waals surface area contributed by atoms with Crippen LogP contribution in [0.2, 0.25) is 0 Å². The zero-order valence-electron chi connectivity index (χ0n) is 15.0.